The highest BCUT2D eigenvalue weighted by Crippen LogP contribution is 2.15. The molecule has 0 bridgehead atoms. The predicted octanol–water partition coefficient (Wildman–Crippen LogP) is 2.14. The van der Waals surface area contributed by atoms with Crippen molar-refractivity contribution in [2.45, 2.75) is 52.4 Å². The van der Waals surface area contributed by atoms with E-state index in [1.165, 1.54) is 17.4 Å². The fraction of sp³-hybridized carbons (Fsp3) is 0.688. The van der Waals surface area contributed by atoms with Gasteiger partial charge in [-0.15, -0.1) is 0 Å². The molecule has 23 heavy (non-hydrogen) atoms. The summed E-state index contributed by atoms with van der Waals surface area (Å²) in [4.78, 5) is 35.7. The Morgan fingerprint density at radius 3 is 2.17 bits per heavy atom. The third kappa shape index (κ3) is 4.03. The standard InChI is InChI=1S/C16H27N5O2/c1-4-6-8-10-21(11-9-7-5-2)15-17-12-13(18-15)20(3)16(23)19-14(12)22/h4-11H2,1-3H3,(H,17,18)(H,19,22,23). The van der Waals surface area contributed by atoms with Crippen LogP contribution in [0.4, 0.5) is 5.95 Å². The molecular weight excluding hydrogens is 294 g/mol. The number of aromatic amines is 2. The number of rotatable bonds is 9. The van der Waals surface area contributed by atoms with E-state index in [0.717, 1.165) is 38.8 Å². The Balaban J connectivity index is 2.31. The van der Waals surface area contributed by atoms with E-state index in [2.05, 4.69) is 33.7 Å². The molecule has 2 aromatic heterocycles. The second kappa shape index (κ2) is 7.99. The fourth-order valence-electron chi connectivity index (χ4n) is 2.67. The van der Waals surface area contributed by atoms with Crippen LogP contribution in [0.15, 0.2) is 9.59 Å². The van der Waals surface area contributed by atoms with Crippen LogP contribution in [-0.2, 0) is 7.05 Å². The highest BCUT2D eigenvalue weighted by molar-refractivity contribution is 5.72. The topological polar surface area (TPSA) is 86.8 Å². The van der Waals surface area contributed by atoms with Crippen molar-refractivity contribution in [1.29, 1.82) is 0 Å². The van der Waals surface area contributed by atoms with Crippen molar-refractivity contribution in [2.24, 2.45) is 7.05 Å². The summed E-state index contributed by atoms with van der Waals surface area (Å²) in [6.07, 6.45) is 6.85. The predicted molar refractivity (Wildman–Crippen MR) is 93.2 cm³/mol. The molecule has 0 radical (unpaired) electrons. The first-order chi connectivity index (χ1) is 11.1. The number of fused-ring (bicyclic) bond motifs is 1. The quantitative estimate of drug-likeness (QED) is 0.693. The van der Waals surface area contributed by atoms with Gasteiger partial charge in [0.2, 0.25) is 5.95 Å². The molecule has 0 saturated heterocycles. The molecule has 2 rings (SSSR count). The zero-order valence-electron chi connectivity index (χ0n) is 14.3. The Morgan fingerprint density at radius 2 is 1.61 bits per heavy atom. The van der Waals surface area contributed by atoms with Crippen LogP contribution in [0.1, 0.15) is 52.4 Å². The van der Waals surface area contributed by atoms with Crippen LogP contribution in [0.3, 0.4) is 0 Å². The molecule has 7 nitrogen and oxygen atoms in total. The average Bonchev–Trinajstić information content (AvgIpc) is 2.97. The van der Waals surface area contributed by atoms with Gasteiger partial charge in [0, 0.05) is 20.1 Å². The third-order valence-corrected chi connectivity index (χ3v) is 4.10. The molecular formula is C16H27N5O2. The number of anilines is 1. The lowest BCUT2D eigenvalue weighted by Gasteiger charge is -2.21. The highest BCUT2D eigenvalue weighted by Gasteiger charge is 2.15. The van der Waals surface area contributed by atoms with Gasteiger partial charge in [-0.05, 0) is 12.8 Å². The largest absolute Gasteiger partial charge is 0.342 e. The molecule has 0 fully saturated rings. The molecule has 2 heterocycles. The van der Waals surface area contributed by atoms with Gasteiger partial charge in [0.25, 0.3) is 5.56 Å². The number of hydrogen-bond donors (Lipinski definition) is 2. The monoisotopic (exact) mass is 321 g/mol. The molecule has 0 aromatic carbocycles. The minimum Gasteiger partial charge on any atom is -0.342 e. The number of aryl methyl sites for hydroxylation is 1. The first-order valence-electron chi connectivity index (χ1n) is 8.52. The SMILES string of the molecule is CCCCCN(CCCCC)c1nc2c([nH]1)c(=O)[nH]c(=O)n2C. The summed E-state index contributed by atoms with van der Waals surface area (Å²) in [5.74, 6) is 0.680. The number of aromatic nitrogens is 4. The van der Waals surface area contributed by atoms with Crippen LogP contribution >= 0.6 is 0 Å². The van der Waals surface area contributed by atoms with Gasteiger partial charge in [-0.3, -0.25) is 14.3 Å². The summed E-state index contributed by atoms with van der Waals surface area (Å²) in [5.41, 5.74) is -0.0872. The summed E-state index contributed by atoms with van der Waals surface area (Å²) in [6, 6.07) is 0. The summed E-state index contributed by atoms with van der Waals surface area (Å²) >= 11 is 0. The van der Waals surface area contributed by atoms with Crippen LogP contribution in [0, 0.1) is 0 Å². The van der Waals surface area contributed by atoms with Crippen LogP contribution in [0.5, 0.6) is 0 Å². The summed E-state index contributed by atoms with van der Waals surface area (Å²) in [6.45, 7) is 6.17. The molecule has 2 aromatic rings. The molecule has 0 saturated carbocycles. The molecule has 0 aliphatic heterocycles. The smallest absolute Gasteiger partial charge is 0.329 e. The van der Waals surface area contributed by atoms with Gasteiger partial charge in [0.05, 0.1) is 0 Å². The van der Waals surface area contributed by atoms with E-state index in [1.807, 2.05) is 0 Å². The minimum atomic E-state index is -0.441. The Bertz CT molecular complexity index is 733. The van der Waals surface area contributed by atoms with Gasteiger partial charge in [0.1, 0.15) is 0 Å². The molecule has 0 amide bonds. The number of unbranched alkanes of at least 4 members (excludes halogenated alkanes) is 4. The Kier molecular flexibility index (Phi) is 6.01. The zero-order chi connectivity index (χ0) is 16.8. The van der Waals surface area contributed by atoms with Gasteiger partial charge in [-0.2, -0.15) is 4.98 Å². The lowest BCUT2D eigenvalue weighted by molar-refractivity contribution is 0.628. The van der Waals surface area contributed by atoms with Crippen molar-refractivity contribution in [3.05, 3.63) is 20.8 Å². The van der Waals surface area contributed by atoms with Crippen molar-refractivity contribution in [2.75, 3.05) is 18.0 Å². The molecule has 128 valence electrons. The summed E-state index contributed by atoms with van der Waals surface area (Å²) in [5, 5.41) is 0. The second-order valence-corrected chi connectivity index (χ2v) is 5.98. The van der Waals surface area contributed by atoms with Gasteiger partial charge in [-0.25, -0.2) is 4.79 Å². The maximum atomic E-state index is 11.9. The Labute approximate surface area is 135 Å². The lowest BCUT2D eigenvalue weighted by atomic mass is 10.2. The molecule has 0 spiro atoms. The third-order valence-electron chi connectivity index (χ3n) is 4.10. The molecule has 7 heteroatoms. The van der Waals surface area contributed by atoms with Crippen molar-refractivity contribution < 1.29 is 0 Å². The van der Waals surface area contributed by atoms with Gasteiger partial charge >= 0.3 is 5.69 Å². The maximum Gasteiger partial charge on any atom is 0.329 e. The number of H-pyrrole nitrogens is 2. The van der Waals surface area contributed by atoms with Gasteiger partial charge < -0.3 is 9.88 Å². The second-order valence-electron chi connectivity index (χ2n) is 5.98. The minimum absolute atomic E-state index is 0.359. The van der Waals surface area contributed by atoms with Crippen LogP contribution in [-0.4, -0.2) is 32.6 Å². The van der Waals surface area contributed by atoms with Gasteiger partial charge in [-0.1, -0.05) is 39.5 Å². The van der Waals surface area contributed by atoms with Gasteiger partial charge in [0.15, 0.2) is 11.2 Å². The van der Waals surface area contributed by atoms with E-state index in [9.17, 15) is 9.59 Å². The van der Waals surface area contributed by atoms with E-state index in [4.69, 9.17) is 0 Å². The zero-order valence-corrected chi connectivity index (χ0v) is 14.3. The summed E-state index contributed by atoms with van der Waals surface area (Å²) in [7, 11) is 1.61. The average molecular weight is 321 g/mol. The normalized spacial score (nSPS) is 11.3. The van der Waals surface area contributed by atoms with Crippen LogP contribution in [0.25, 0.3) is 11.2 Å². The maximum absolute atomic E-state index is 11.9. The molecule has 0 unspecified atom stereocenters. The van der Waals surface area contributed by atoms with E-state index in [1.54, 1.807) is 7.05 Å². The van der Waals surface area contributed by atoms with E-state index < -0.39 is 11.2 Å². The van der Waals surface area contributed by atoms with Crippen molar-refractivity contribution in [3.8, 4) is 0 Å². The van der Waals surface area contributed by atoms with Crippen LogP contribution in [0.2, 0.25) is 0 Å². The Morgan fingerprint density at radius 1 is 1.00 bits per heavy atom. The number of hydrogen-bond acceptors (Lipinski definition) is 4. The van der Waals surface area contributed by atoms with E-state index in [0.29, 0.717) is 17.1 Å². The highest BCUT2D eigenvalue weighted by atomic mass is 16.2. The van der Waals surface area contributed by atoms with Crippen molar-refractivity contribution >= 4 is 17.1 Å². The molecule has 0 aliphatic carbocycles. The van der Waals surface area contributed by atoms with E-state index >= 15 is 0 Å². The van der Waals surface area contributed by atoms with Crippen molar-refractivity contribution in [3.63, 3.8) is 0 Å². The Hall–Kier alpha value is -2.05. The first kappa shape index (κ1) is 17.3. The summed E-state index contributed by atoms with van der Waals surface area (Å²) < 4.78 is 1.37. The number of imidazole rings is 1. The molecule has 0 atom stereocenters. The molecule has 2 N–H and O–H groups in total. The number of nitrogens with zero attached hydrogens (tertiary/aromatic N) is 3. The van der Waals surface area contributed by atoms with Crippen molar-refractivity contribution in [1.82, 2.24) is 19.5 Å². The molecule has 0 aliphatic rings. The fourth-order valence-corrected chi connectivity index (χ4v) is 2.67. The first-order valence-corrected chi connectivity index (χ1v) is 8.52. The van der Waals surface area contributed by atoms with Crippen LogP contribution < -0.4 is 16.1 Å². The van der Waals surface area contributed by atoms with E-state index in [-0.39, 0.29) is 0 Å². The lowest BCUT2D eigenvalue weighted by Crippen LogP contribution is -2.28. The number of nitrogens with one attached hydrogen (secondary N) is 2.